The first-order valence-corrected chi connectivity index (χ1v) is 5.52. The molecule has 96 valence electrons. The van der Waals surface area contributed by atoms with Gasteiger partial charge in [0.05, 0.1) is 26.0 Å². The molecule has 2 aromatic rings. The van der Waals surface area contributed by atoms with Gasteiger partial charge in [0.25, 0.3) is 0 Å². The number of nitrogens with zero attached hydrogens (tertiary/aromatic N) is 1. The van der Waals surface area contributed by atoms with Gasteiger partial charge in [-0.3, -0.25) is 0 Å². The molecule has 1 heterocycles. The van der Waals surface area contributed by atoms with E-state index in [0.29, 0.717) is 5.56 Å². The molecule has 18 heavy (non-hydrogen) atoms. The Kier molecular flexibility index (Phi) is 3.14. The maximum absolute atomic E-state index is 5.78. The number of rotatable bonds is 3. The average Bonchev–Trinajstić information content (AvgIpc) is 2.77. The van der Waals surface area contributed by atoms with Gasteiger partial charge in [0.15, 0.2) is 0 Å². The highest BCUT2D eigenvalue weighted by molar-refractivity contribution is 5.82. The lowest BCUT2D eigenvalue weighted by atomic mass is 9.97. The number of hydrogen-bond acceptors (Lipinski definition) is 5. The quantitative estimate of drug-likeness (QED) is 0.903. The molecule has 0 radical (unpaired) electrons. The Bertz CT molecular complexity index is 576. The largest absolute Gasteiger partial charge is 0.496 e. The van der Waals surface area contributed by atoms with Crippen LogP contribution in [0.4, 0.5) is 5.88 Å². The minimum Gasteiger partial charge on any atom is -0.496 e. The van der Waals surface area contributed by atoms with Crippen LogP contribution in [0.1, 0.15) is 11.1 Å². The van der Waals surface area contributed by atoms with Crippen molar-refractivity contribution in [3.05, 3.63) is 23.4 Å². The van der Waals surface area contributed by atoms with Gasteiger partial charge in [-0.25, -0.2) is 0 Å². The monoisotopic (exact) mass is 248 g/mol. The first-order valence-electron chi connectivity index (χ1n) is 5.52. The number of methoxy groups -OCH3 is 2. The van der Waals surface area contributed by atoms with E-state index in [1.54, 1.807) is 20.4 Å². The van der Waals surface area contributed by atoms with Crippen LogP contribution in [0, 0.1) is 13.8 Å². The summed E-state index contributed by atoms with van der Waals surface area (Å²) in [5.74, 6) is 1.80. The van der Waals surface area contributed by atoms with E-state index in [2.05, 4.69) is 5.16 Å². The van der Waals surface area contributed by atoms with Gasteiger partial charge < -0.3 is 19.7 Å². The van der Waals surface area contributed by atoms with Gasteiger partial charge in [-0.1, -0.05) is 5.16 Å². The Hall–Kier alpha value is -2.17. The van der Waals surface area contributed by atoms with Gasteiger partial charge in [0.2, 0.25) is 5.88 Å². The Balaban J connectivity index is 2.78. The molecule has 5 heteroatoms. The number of aryl methyl sites for hydroxylation is 1. The number of ether oxygens (including phenoxy) is 2. The number of hydrogen-bond donors (Lipinski definition) is 1. The molecule has 2 N–H and O–H groups in total. The standard InChI is InChI=1S/C13H16N2O3/c1-7-5-10(16-3)8(2)11(12(7)17-4)9-6-15-18-13(9)14/h5-6H,14H2,1-4H3. The Morgan fingerprint density at radius 3 is 2.44 bits per heavy atom. The summed E-state index contributed by atoms with van der Waals surface area (Å²) in [5, 5.41) is 3.70. The number of anilines is 1. The summed E-state index contributed by atoms with van der Waals surface area (Å²) in [6, 6.07) is 1.93. The summed E-state index contributed by atoms with van der Waals surface area (Å²) in [6.45, 7) is 3.90. The third-order valence-corrected chi connectivity index (χ3v) is 2.97. The van der Waals surface area contributed by atoms with Crippen LogP contribution in [0.5, 0.6) is 11.5 Å². The smallest absolute Gasteiger partial charge is 0.230 e. The molecule has 0 bridgehead atoms. The molecule has 0 aliphatic rings. The zero-order valence-corrected chi connectivity index (χ0v) is 10.9. The third-order valence-electron chi connectivity index (χ3n) is 2.97. The Labute approximate surface area is 105 Å². The van der Waals surface area contributed by atoms with E-state index >= 15 is 0 Å². The number of nitrogens with two attached hydrogens (primary N) is 1. The Morgan fingerprint density at radius 1 is 1.22 bits per heavy atom. The highest BCUT2D eigenvalue weighted by Gasteiger charge is 2.20. The van der Waals surface area contributed by atoms with E-state index < -0.39 is 0 Å². The number of nitrogen functional groups attached to an aromatic ring is 1. The van der Waals surface area contributed by atoms with Crippen molar-refractivity contribution in [3.8, 4) is 22.6 Å². The fraction of sp³-hybridized carbons (Fsp3) is 0.308. The predicted octanol–water partition coefficient (Wildman–Crippen LogP) is 2.56. The van der Waals surface area contributed by atoms with Gasteiger partial charge >= 0.3 is 0 Å². The highest BCUT2D eigenvalue weighted by atomic mass is 16.5. The second-order valence-corrected chi connectivity index (χ2v) is 4.03. The SMILES string of the molecule is COc1cc(C)c(OC)c(-c2cnoc2N)c1C. The zero-order valence-electron chi connectivity index (χ0n) is 10.9. The van der Waals surface area contributed by atoms with E-state index in [1.807, 2.05) is 19.9 Å². The van der Waals surface area contributed by atoms with Crippen molar-refractivity contribution in [3.63, 3.8) is 0 Å². The van der Waals surface area contributed by atoms with Crippen LogP contribution in [0.3, 0.4) is 0 Å². The maximum atomic E-state index is 5.78. The predicted molar refractivity (Wildman–Crippen MR) is 68.9 cm³/mol. The topological polar surface area (TPSA) is 70.5 Å². The van der Waals surface area contributed by atoms with Crippen molar-refractivity contribution in [2.45, 2.75) is 13.8 Å². The second kappa shape index (κ2) is 4.60. The first-order chi connectivity index (χ1) is 8.60. The van der Waals surface area contributed by atoms with Crippen molar-refractivity contribution in [1.29, 1.82) is 0 Å². The lowest BCUT2D eigenvalue weighted by molar-refractivity contribution is 0.399. The molecule has 0 spiro atoms. The van der Waals surface area contributed by atoms with Crippen LogP contribution >= 0.6 is 0 Å². The summed E-state index contributed by atoms with van der Waals surface area (Å²) in [6.07, 6.45) is 1.58. The van der Waals surface area contributed by atoms with E-state index in [9.17, 15) is 0 Å². The molecule has 0 amide bonds. The van der Waals surface area contributed by atoms with Crippen molar-refractivity contribution < 1.29 is 14.0 Å². The molecular formula is C13H16N2O3. The number of benzene rings is 1. The lowest BCUT2D eigenvalue weighted by Gasteiger charge is -2.16. The molecule has 2 rings (SSSR count). The van der Waals surface area contributed by atoms with Crippen molar-refractivity contribution >= 4 is 5.88 Å². The van der Waals surface area contributed by atoms with Crippen LogP contribution in [-0.2, 0) is 0 Å². The Morgan fingerprint density at radius 2 is 1.94 bits per heavy atom. The van der Waals surface area contributed by atoms with Crippen LogP contribution in [-0.4, -0.2) is 19.4 Å². The molecule has 1 aromatic heterocycles. The normalized spacial score (nSPS) is 10.4. The van der Waals surface area contributed by atoms with E-state index in [4.69, 9.17) is 19.7 Å². The highest BCUT2D eigenvalue weighted by Crippen LogP contribution is 2.42. The molecule has 0 saturated carbocycles. The molecule has 0 atom stereocenters. The van der Waals surface area contributed by atoms with Crippen molar-refractivity contribution in [1.82, 2.24) is 5.16 Å². The van der Waals surface area contributed by atoms with Crippen LogP contribution < -0.4 is 15.2 Å². The van der Waals surface area contributed by atoms with Crippen molar-refractivity contribution in [2.24, 2.45) is 0 Å². The van der Waals surface area contributed by atoms with Gasteiger partial charge in [0, 0.05) is 11.1 Å². The summed E-state index contributed by atoms with van der Waals surface area (Å²) < 4.78 is 15.7. The molecular weight excluding hydrogens is 232 g/mol. The minimum atomic E-state index is 0.268. The van der Waals surface area contributed by atoms with Crippen molar-refractivity contribution in [2.75, 3.05) is 20.0 Å². The summed E-state index contributed by atoms with van der Waals surface area (Å²) in [5.41, 5.74) is 9.26. The second-order valence-electron chi connectivity index (χ2n) is 4.03. The number of aromatic nitrogens is 1. The van der Waals surface area contributed by atoms with Gasteiger partial charge in [-0.2, -0.15) is 0 Å². The molecule has 0 fully saturated rings. The van der Waals surface area contributed by atoms with Gasteiger partial charge in [-0.05, 0) is 25.5 Å². The summed E-state index contributed by atoms with van der Waals surface area (Å²) in [7, 11) is 3.26. The lowest BCUT2D eigenvalue weighted by Crippen LogP contribution is -1.98. The first kappa shape index (κ1) is 12.3. The van der Waals surface area contributed by atoms with E-state index in [1.165, 1.54) is 0 Å². The van der Waals surface area contributed by atoms with Crippen LogP contribution in [0.2, 0.25) is 0 Å². The minimum absolute atomic E-state index is 0.268. The molecule has 0 aliphatic carbocycles. The third kappa shape index (κ3) is 1.77. The summed E-state index contributed by atoms with van der Waals surface area (Å²) >= 11 is 0. The van der Waals surface area contributed by atoms with Crippen LogP contribution in [0.15, 0.2) is 16.8 Å². The van der Waals surface area contributed by atoms with E-state index in [-0.39, 0.29) is 5.88 Å². The fourth-order valence-electron chi connectivity index (χ4n) is 2.10. The van der Waals surface area contributed by atoms with E-state index in [0.717, 1.165) is 28.2 Å². The molecule has 1 aromatic carbocycles. The summed E-state index contributed by atoms with van der Waals surface area (Å²) in [4.78, 5) is 0. The fourth-order valence-corrected chi connectivity index (χ4v) is 2.10. The zero-order chi connectivity index (χ0) is 13.3. The maximum Gasteiger partial charge on any atom is 0.230 e. The average molecular weight is 248 g/mol. The van der Waals surface area contributed by atoms with Gasteiger partial charge in [-0.15, -0.1) is 0 Å². The van der Waals surface area contributed by atoms with Gasteiger partial charge in [0.1, 0.15) is 11.5 Å². The molecule has 0 saturated heterocycles. The molecule has 0 unspecified atom stereocenters. The van der Waals surface area contributed by atoms with Crippen LogP contribution in [0.25, 0.3) is 11.1 Å². The molecule has 0 aliphatic heterocycles. The molecule has 5 nitrogen and oxygen atoms in total.